The predicted octanol–water partition coefficient (Wildman–Crippen LogP) is 2.67. The maximum absolute atomic E-state index is 9.92. The van der Waals surface area contributed by atoms with Crippen molar-refractivity contribution in [2.45, 2.75) is 39.2 Å². The highest BCUT2D eigenvalue weighted by atomic mass is 16.3. The van der Waals surface area contributed by atoms with Gasteiger partial charge >= 0.3 is 0 Å². The largest absolute Gasteiger partial charge is 0.396 e. The maximum atomic E-state index is 9.92. The van der Waals surface area contributed by atoms with E-state index in [9.17, 15) is 10.2 Å². The zero-order chi connectivity index (χ0) is 15.1. The van der Waals surface area contributed by atoms with Crippen molar-refractivity contribution in [1.29, 1.82) is 0 Å². The normalized spacial score (nSPS) is 26.2. The van der Waals surface area contributed by atoms with Crippen LogP contribution in [0.25, 0.3) is 0 Å². The summed E-state index contributed by atoms with van der Waals surface area (Å²) in [4.78, 5) is 2.29. The fraction of sp³-hybridized carbons (Fsp3) is 0.667. The van der Waals surface area contributed by atoms with Gasteiger partial charge < -0.3 is 10.2 Å². The fourth-order valence-corrected chi connectivity index (χ4v) is 3.41. The second kappa shape index (κ2) is 7.92. The van der Waals surface area contributed by atoms with E-state index in [1.54, 1.807) is 0 Å². The number of benzene rings is 1. The topological polar surface area (TPSA) is 43.7 Å². The number of aliphatic hydroxyl groups excluding tert-OH is 2. The molecular formula is C18H29NO2. The Labute approximate surface area is 128 Å². The number of nitrogens with zero attached hydrogens (tertiary/aromatic N) is 1. The van der Waals surface area contributed by atoms with Crippen LogP contribution >= 0.6 is 0 Å². The van der Waals surface area contributed by atoms with E-state index in [0.29, 0.717) is 6.54 Å². The highest BCUT2D eigenvalue weighted by molar-refractivity contribution is 5.14. The first-order valence-corrected chi connectivity index (χ1v) is 8.15. The van der Waals surface area contributed by atoms with E-state index >= 15 is 0 Å². The molecule has 0 aromatic heterocycles. The van der Waals surface area contributed by atoms with E-state index in [-0.39, 0.29) is 18.6 Å². The van der Waals surface area contributed by atoms with Crippen LogP contribution < -0.4 is 0 Å². The first-order valence-electron chi connectivity index (χ1n) is 8.15. The standard InChI is InChI=1S/C18H29NO2/c1-16-7-9-18(15-21,10-8-16)14-19(11-12-20)13-17-5-3-2-4-6-17/h2-6,16,20-21H,7-15H2,1H3. The first kappa shape index (κ1) is 16.5. The molecule has 3 heteroatoms. The van der Waals surface area contributed by atoms with Gasteiger partial charge in [0.1, 0.15) is 0 Å². The van der Waals surface area contributed by atoms with Crippen LogP contribution in [0.3, 0.4) is 0 Å². The second-order valence-electron chi connectivity index (χ2n) is 6.76. The average molecular weight is 291 g/mol. The second-order valence-corrected chi connectivity index (χ2v) is 6.76. The fourth-order valence-electron chi connectivity index (χ4n) is 3.41. The van der Waals surface area contributed by atoms with Crippen LogP contribution in [-0.2, 0) is 6.54 Å². The Balaban J connectivity index is 2.00. The Kier molecular flexibility index (Phi) is 6.22. The number of hydrogen-bond donors (Lipinski definition) is 2. The molecule has 1 aliphatic carbocycles. The Morgan fingerprint density at radius 2 is 1.81 bits per heavy atom. The Morgan fingerprint density at radius 1 is 1.14 bits per heavy atom. The quantitative estimate of drug-likeness (QED) is 0.812. The van der Waals surface area contributed by atoms with Crippen LogP contribution in [-0.4, -0.2) is 41.4 Å². The van der Waals surface area contributed by atoms with Crippen molar-refractivity contribution in [2.24, 2.45) is 11.3 Å². The highest BCUT2D eigenvalue weighted by Crippen LogP contribution is 2.39. The van der Waals surface area contributed by atoms with Crippen molar-refractivity contribution >= 4 is 0 Å². The Morgan fingerprint density at radius 3 is 2.38 bits per heavy atom. The van der Waals surface area contributed by atoms with Crippen molar-refractivity contribution in [2.75, 3.05) is 26.3 Å². The van der Waals surface area contributed by atoms with Crippen molar-refractivity contribution in [3.8, 4) is 0 Å². The summed E-state index contributed by atoms with van der Waals surface area (Å²) in [5.41, 5.74) is 1.29. The van der Waals surface area contributed by atoms with Gasteiger partial charge in [0.2, 0.25) is 0 Å². The summed E-state index contributed by atoms with van der Waals surface area (Å²) in [5.74, 6) is 0.782. The molecule has 0 spiro atoms. The molecule has 0 aliphatic heterocycles. The van der Waals surface area contributed by atoms with Crippen molar-refractivity contribution in [1.82, 2.24) is 4.90 Å². The molecule has 0 radical (unpaired) electrons. The zero-order valence-corrected chi connectivity index (χ0v) is 13.2. The molecule has 1 fully saturated rings. The molecule has 0 amide bonds. The van der Waals surface area contributed by atoms with E-state index in [1.807, 2.05) is 6.07 Å². The van der Waals surface area contributed by atoms with E-state index < -0.39 is 0 Å². The van der Waals surface area contributed by atoms with Crippen molar-refractivity contribution in [3.63, 3.8) is 0 Å². The molecule has 0 saturated heterocycles. The van der Waals surface area contributed by atoms with Gasteiger partial charge in [-0.2, -0.15) is 0 Å². The van der Waals surface area contributed by atoms with Crippen LogP contribution in [0, 0.1) is 11.3 Å². The third-order valence-electron chi connectivity index (χ3n) is 4.89. The number of rotatable bonds is 7. The highest BCUT2D eigenvalue weighted by Gasteiger charge is 2.35. The number of hydrogen-bond acceptors (Lipinski definition) is 3. The lowest BCUT2D eigenvalue weighted by molar-refractivity contribution is 0.0220. The molecule has 2 N–H and O–H groups in total. The number of aliphatic hydroxyl groups is 2. The van der Waals surface area contributed by atoms with Gasteiger partial charge in [0, 0.05) is 31.7 Å². The smallest absolute Gasteiger partial charge is 0.0558 e. The van der Waals surface area contributed by atoms with Crippen LogP contribution in [0.2, 0.25) is 0 Å². The molecule has 21 heavy (non-hydrogen) atoms. The SMILES string of the molecule is CC1CCC(CO)(CN(CCO)Cc2ccccc2)CC1. The molecule has 0 bridgehead atoms. The van der Waals surface area contributed by atoms with Crippen LogP contribution in [0.4, 0.5) is 0 Å². The maximum Gasteiger partial charge on any atom is 0.0558 e. The summed E-state index contributed by atoms with van der Waals surface area (Å²) in [6.45, 7) is 5.13. The van der Waals surface area contributed by atoms with E-state index in [1.165, 1.54) is 18.4 Å². The zero-order valence-electron chi connectivity index (χ0n) is 13.2. The molecule has 1 aromatic rings. The summed E-state index contributed by atoms with van der Waals surface area (Å²) in [7, 11) is 0. The molecular weight excluding hydrogens is 262 g/mol. The van der Waals surface area contributed by atoms with Crippen LogP contribution in [0.5, 0.6) is 0 Å². The molecule has 1 aliphatic rings. The monoisotopic (exact) mass is 291 g/mol. The lowest BCUT2D eigenvalue weighted by Crippen LogP contribution is -2.43. The van der Waals surface area contributed by atoms with Crippen molar-refractivity contribution in [3.05, 3.63) is 35.9 Å². The third kappa shape index (κ3) is 4.80. The van der Waals surface area contributed by atoms with Gasteiger partial charge in [-0.1, -0.05) is 50.1 Å². The molecule has 118 valence electrons. The van der Waals surface area contributed by atoms with Crippen LogP contribution in [0.1, 0.15) is 38.2 Å². The van der Waals surface area contributed by atoms with Gasteiger partial charge in [0.05, 0.1) is 6.61 Å². The molecule has 1 saturated carbocycles. The third-order valence-corrected chi connectivity index (χ3v) is 4.89. The van der Waals surface area contributed by atoms with Gasteiger partial charge in [0.15, 0.2) is 0 Å². The average Bonchev–Trinajstić information content (AvgIpc) is 2.51. The molecule has 0 heterocycles. The first-order chi connectivity index (χ1) is 10.2. The molecule has 2 rings (SSSR count). The minimum atomic E-state index is 0.0243. The summed E-state index contributed by atoms with van der Waals surface area (Å²) < 4.78 is 0. The molecule has 0 unspecified atom stereocenters. The van der Waals surface area contributed by atoms with Gasteiger partial charge in [-0.3, -0.25) is 4.90 Å². The van der Waals surface area contributed by atoms with E-state index in [2.05, 4.69) is 36.1 Å². The summed E-state index contributed by atoms with van der Waals surface area (Å²) in [6.07, 6.45) is 4.61. The van der Waals surface area contributed by atoms with E-state index in [0.717, 1.165) is 31.8 Å². The Bertz CT molecular complexity index is 399. The lowest BCUT2D eigenvalue weighted by Gasteiger charge is -2.41. The minimum absolute atomic E-state index is 0.0243. The summed E-state index contributed by atoms with van der Waals surface area (Å²) in [6, 6.07) is 10.4. The lowest BCUT2D eigenvalue weighted by atomic mass is 9.71. The summed E-state index contributed by atoms with van der Waals surface area (Å²) >= 11 is 0. The van der Waals surface area contributed by atoms with Gasteiger partial charge in [-0.05, 0) is 24.3 Å². The summed E-state index contributed by atoms with van der Waals surface area (Å²) in [5, 5.41) is 19.3. The molecule has 3 nitrogen and oxygen atoms in total. The van der Waals surface area contributed by atoms with Crippen molar-refractivity contribution < 1.29 is 10.2 Å². The van der Waals surface area contributed by atoms with Gasteiger partial charge in [-0.25, -0.2) is 0 Å². The molecule has 1 aromatic carbocycles. The Hall–Kier alpha value is -0.900. The van der Waals surface area contributed by atoms with Crippen LogP contribution in [0.15, 0.2) is 30.3 Å². The van der Waals surface area contributed by atoms with Gasteiger partial charge in [0.25, 0.3) is 0 Å². The molecule has 0 atom stereocenters. The van der Waals surface area contributed by atoms with E-state index in [4.69, 9.17) is 0 Å². The predicted molar refractivity (Wildman–Crippen MR) is 86.0 cm³/mol. The van der Waals surface area contributed by atoms with Gasteiger partial charge in [-0.15, -0.1) is 0 Å². The minimum Gasteiger partial charge on any atom is -0.396 e.